The van der Waals surface area contributed by atoms with Gasteiger partial charge in [0.25, 0.3) is 5.56 Å². The fraction of sp³-hybridized carbons (Fsp3) is 0.630. The first-order chi connectivity index (χ1) is 17.7. The van der Waals surface area contributed by atoms with Crippen molar-refractivity contribution >= 4 is 10.9 Å². The van der Waals surface area contributed by atoms with E-state index in [1.165, 1.54) is 19.3 Å². The van der Waals surface area contributed by atoms with Crippen molar-refractivity contribution in [2.24, 2.45) is 0 Å². The first kappa shape index (κ1) is 24.9. The van der Waals surface area contributed by atoms with Crippen LogP contribution in [0.2, 0.25) is 0 Å². The van der Waals surface area contributed by atoms with E-state index in [1.54, 1.807) is 7.11 Å². The predicted molar refractivity (Wildman–Crippen MR) is 138 cm³/mol. The SMILES string of the molecule is CCC[C@H](c1nnnn1C1CCCCC1)N(Cc1cc2cc(OC)ccc2[nH]c1=O)C[C@H]1CCCO1. The number of hydrogen-bond donors (Lipinski definition) is 1. The Morgan fingerprint density at radius 3 is 2.81 bits per heavy atom. The molecule has 0 spiro atoms. The molecule has 1 aromatic carbocycles. The number of methoxy groups -OCH3 is 1. The summed E-state index contributed by atoms with van der Waals surface area (Å²) in [6, 6.07) is 8.07. The average Bonchev–Trinajstić information content (AvgIpc) is 3.60. The van der Waals surface area contributed by atoms with Crippen molar-refractivity contribution in [1.82, 2.24) is 30.1 Å². The van der Waals surface area contributed by atoms with Crippen LogP contribution < -0.4 is 10.3 Å². The maximum absolute atomic E-state index is 13.2. The molecule has 36 heavy (non-hydrogen) atoms. The highest BCUT2D eigenvalue weighted by molar-refractivity contribution is 5.80. The van der Waals surface area contributed by atoms with Gasteiger partial charge in [0, 0.05) is 36.2 Å². The maximum Gasteiger partial charge on any atom is 0.252 e. The lowest BCUT2D eigenvalue weighted by Gasteiger charge is -2.33. The van der Waals surface area contributed by atoms with E-state index < -0.39 is 0 Å². The molecule has 1 saturated carbocycles. The summed E-state index contributed by atoms with van der Waals surface area (Å²) in [6.07, 6.45) is 10.1. The molecular weight excluding hydrogens is 456 g/mol. The van der Waals surface area contributed by atoms with Crippen molar-refractivity contribution in [2.75, 3.05) is 20.3 Å². The molecule has 1 N–H and O–H groups in total. The number of aromatic nitrogens is 5. The van der Waals surface area contributed by atoms with Crippen LogP contribution in [0.4, 0.5) is 0 Å². The van der Waals surface area contributed by atoms with Crippen LogP contribution >= 0.6 is 0 Å². The molecule has 0 bridgehead atoms. The van der Waals surface area contributed by atoms with Gasteiger partial charge in [0.15, 0.2) is 5.82 Å². The number of ether oxygens (including phenoxy) is 2. The van der Waals surface area contributed by atoms with Crippen LogP contribution in [0.25, 0.3) is 10.9 Å². The minimum Gasteiger partial charge on any atom is -0.497 e. The normalized spacial score (nSPS) is 19.8. The number of pyridine rings is 1. The molecule has 3 heterocycles. The van der Waals surface area contributed by atoms with Crippen LogP contribution in [0.5, 0.6) is 5.75 Å². The van der Waals surface area contributed by atoms with Crippen molar-refractivity contribution in [1.29, 1.82) is 0 Å². The van der Waals surface area contributed by atoms with Gasteiger partial charge in [0.2, 0.25) is 0 Å². The van der Waals surface area contributed by atoms with Crippen LogP contribution in [0.15, 0.2) is 29.1 Å². The second-order valence-corrected chi connectivity index (χ2v) is 10.2. The Balaban J connectivity index is 1.50. The summed E-state index contributed by atoms with van der Waals surface area (Å²) in [5.41, 5.74) is 1.47. The molecule has 2 aliphatic rings. The molecular formula is C27H38N6O3. The number of aromatic amines is 1. The fourth-order valence-corrected chi connectivity index (χ4v) is 5.80. The van der Waals surface area contributed by atoms with Gasteiger partial charge in [0.1, 0.15) is 5.75 Å². The van der Waals surface area contributed by atoms with Gasteiger partial charge in [-0.1, -0.05) is 32.6 Å². The molecule has 5 rings (SSSR count). The van der Waals surface area contributed by atoms with Gasteiger partial charge < -0.3 is 14.5 Å². The first-order valence-electron chi connectivity index (χ1n) is 13.5. The molecule has 194 valence electrons. The van der Waals surface area contributed by atoms with Gasteiger partial charge in [-0.05, 0) is 66.8 Å². The summed E-state index contributed by atoms with van der Waals surface area (Å²) >= 11 is 0. The van der Waals surface area contributed by atoms with E-state index in [0.29, 0.717) is 12.6 Å². The number of nitrogens with one attached hydrogen (secondary N) is 1. The molecule has 1 saturated heterocycles. The average molecular weight is 495 g/mol. The largest absolute Gasteiger partial charge is 0.497 e. The zero-order valence-electron chi connectivity index (χ0n) is 21.5. The molecule has 1 aliphatic heterocycles. The van der Waals surface area contributed by atoms with E-state index in [4.69, 9.17) is 9.47 Å². The van der Waals surface area contributed by atoms with E-state index in [9.17, 15) is 4.79 Å². The van der Waals surface area contributed by atoms with E-state index >= 15 is 0 Å². The molecule has 2 aromatic heterocycles. The van der Waals surface area contributed by atoms with Gasteiger partial charge in [-0.15, -0.1) is 5.10 Å². The molecule has 0 amide bonds. The number of H-pyrrole nitrogens is 1. The highest BCUT2D eigenvalue weighted by Gasteiger charge is 2.32. The fourth-order valence-electron chi connectivity index (χ4n) is 5.80. The summed E-state index contributed by atoms with van der Waals surface area (Å²) < 4.78 is 13.5. The van der Waals surface area contributed by atoms with E-state index in [-0.39, 0.29) is 17.7 Å². The Morgan fingerprint density at radius 1 is 1.19 bits per heavy atom. The Bertz CT molecular complexity index is 1200. The lowest BCUT2D eigenvalue weighted by molar-refractivity contribution is 0.0468. The number of rotatable bonds is 10. The van der Waals surface area contributed by atoms with Crippen molar-refractivity contribution in [3.05, 3.63) is 46.0 Å². The van der Waals surface area contributed by atoms with Crippen molar-refractivity contribution in [3.8, 4) is 5.75 Å². The third-order valence-corrected chi connectivity index (χ3v) is 7.70. The Hall–Kier alpha value is -2.78. The van der Waals surface area contributed by atoms with Gasteiger partial charge in [-0.25, -0.2) is 4.68 Å². The number of hydrogen-bond acceptors (Lipinski definition) is 7. The number of benzene rings is 1. The molecule has 2 atom stereocenters. The van der Waals surface area contributed by atoms with Gasteiger partial charge in [-0.2, -0.15) is 0 Å². The zero-order chi connectivity index (χ0) is 24.9. The van der Waals surface area contributed by atoms with Gasteiger partial charge in [-0.3, -0.25) is 9.69 Å². The van der Waals surface area contributed by atoms with Crippen LogP contribution in [0.3, 0.4) is 0 Å². The predicted octanol–water partition coefficient (Wildman–Crippen LogP) is 4.55. The topological polar surface area (TPSA) is 98.2 Å². The summed E-state index contributed by atoms with van der Waals surface area (Å²) in [5, 5.41) is 14.1. The lowest BCUT2D eigenvalue weighted by Crippen LogP contribution is -2.38. The minimum absolute atomic E-state index is 0.0107. The van der Waals surface area contributed by atoms with Crippen LogP contribution in [0, 0.1) is 0 Å². The standard InChI is InChI=1S/C27H38N6O3/c1-3-8-25(26-29-30-31-33(26)21-9-5-4-6-10-21)32(18-23-11-7-14-36-23)17-20-15-19-16-22(35-2)12-13-24(19)28-27(20)34/h12-13,15-16,21,23,25H,3-11,14,17-18H2,1-2H3,(H,28,34)/t23-,25-/m1/s1. The summed E-state index contributed by atoms with van der Waals surface area (Å²) in [4.78, 5) is 18.6. The quantitative estimate of drug-likeness (QED) is 0.441. The minimum atomic E-state index is -0.0628. The van der Waals surface area contributed by atoms with Gasteiger partial charge in [0.05, 0.1) is 25.3 Å². The maximum atomic E-state index is 13.2. The second kappa shape index (κ2) is 11.5. The number of fused-ring (bicyclic) bond motifs is 1. The van der Waals surface area contributed by atoms with Crippen LogP contribution in [0.1, 0.15) is 88.2 Å². The molecule has 0 unspecified atom stereocenters. The highest BCUT2D eigenvalue weighted by Crippen LogP contribution is 2.33. The van der Waals surface area contributed by atoms with E-state index in [2.05, 4.69) is 37.0 Å². The Kier molecular flexibility index (Phi) is 7.96. The second-order valence-electron chi connectivity index (χ2n) is 10.2. The van der Waals surface area contributed by atoms with Crippen LogP contribution in [-0.4, -0.2) is 56.5 Å². The van der Waals surface area contributed by atoms with Gasteiger partial charge >= 0.3 is 0 Å². The van der Waals surface area contributed by atoms with Crippen molar-refractivity contribution in [3.63, 3.8) is 0 Å². The first-order valence-corrected chi connectivity index (χ1v) is 13.5. The molecule has 9 heteroatoms. The van der Waals surface area contributed by atoms with E-state index in [1.807, 2.05) is 24.3 Å². The van der Waals surface area contributed by atoms with E-state index in [0.717, 1.165) is 79.7 Å². The monoisotopic (exact) mass is 494 g/mol. The number of tetrazole rings is 1. The smallest absolute Gasteiger partial charge is 0.252 e. The molecule has 9 nitrogen and oxygen atoms in total. The Morgan fingerprint density at radius 2 is 2.06 bits per heavy atom. The third kappa shape index (κ3) is 5.47. The van der Waals surface area contributed by atoms with Crippen LogP contribution in [-0.2, 0) is 11.3 Å². The Labute approximate surface area is 212 Å². The summed E-state index contributed by atoms with van der Waals surface area (Å²) in [6.45, 7) is 4.25. The zero-order valence-corrected chi connectivity index (χ0v) is 21.5. The molecule has 3 aromatic rings. The lowest BCUT2D eigenvalue weighted by atomic mass is 9.95. The summed E-state index contributed by atoms with van der Waals surface area (Å²) in [5.74, 6) is 1.69. The number of nitrogens with zero attached hydrogens (tertiary/aromatic N) is 5. The molecule has 0 radical (unpaired) electrons. The highest BCUT2D eigenvalue weighted by atomic mass is 16.5. The molecule has 2 fully saturated rings. The third-order valence-electron chi connectivity index (χ3n) is 7.70. The summed E-state index contributed by atoms with van der Waals surface area (Å²) in [7, 11) is 1.66. The molecule has 1 aliphatic carbocycles. The van der Waals surface area contributed by atoms with Crippen molar-refractivity contribution < 1.29 is 9.47 Å². The van der Waals surface area contributed by atoms with Crippen molar-refractivity contribution in [2.45, 2.75) is 89.4 Å².